The quantitative estimate of drug-likeness (QED) is 0.0494. The maximum atomic E-state index is 5.52. The molecule has 0 fully saturated rings. The first kappa shape index (κ1) is 44.2. The molecule has 0 aliphatic carbocycles. The summed E-state index contributed by atoms with van der Waals surface area (Å²) in [6, 6.07) is 14.3. The minimum atomic E-state index is 0. The van der Waals surface area contributed by atoms with Crippen LogP contribution in [0.25, 0.3) is 0 Å². The number of hydrogen-bond acceptors (Lipinski definition) is 2. The van der Waals surface area contributed by atoms with Crippen molar-refractivity contribution in [1.82, 2.24) is 0 Å². The van der Waals surface area contributed by atoms with Crippen molar-refractivity contribution in [1.29, 1.82) is 0 Å². The largest absolute Gasteiger partial charge is 0.251 e. The zero-order chi connectivity index (χ0) is 34.0. The summed E-state index contributed by atoms with van der Waals surface area (Å²) >= 11 is 0. The molecule has 2 rings (SSSR count). The second-order valence-corrected chi connectivity index (χ2v) is 13.9. The van der Waals surface area contributed by atoms with Crippen LogP contribution in [0.4, 0.5) is 11.4 Å². The molecule has 0 bridgehead atoms. The SMILES string of the molecule is CCCCC/C=C/C(=Nc1cc(CCCC)cc(CCCC)c1)C(CCCCCCCC)=Nc1cc(CCCC)cc(CCCC)c1.[Pd]. The Hall–Kier alpha value is -1.82. The van der Waals surface area contributed by atoms with Gasteiger partial charge in [-0.3, -0.25) is 4.99 Å². The molecule has 0 aromatic heterocycles. The van der Waals surface area contributed by atoms with E-state index in [0.717, 1.165) is 61.3 Å². The topological polar surface area (TPSA) is 24.7 Å². The minimum absolute atomic E-state index is 0. The van der Waals surface area contributed by atoms with Crippen LogP contribution in [0.1, 0.15) is 186 Å². The molecule has 0 heterocycles. The molecule has 2 aromatic rings. The summed E-state index contributed by atoms with van der Waals surface area (Å²) in [6.45, 7) is 13.7. The van der Waals surface area contributed by atoms with Crippen molar-refractivity contribution in [2.75, 3.05) is 0 Å². The molecule has 0 atom stereocenters. The fourth-order valence-corrected chi connectivity index (χ4v) is 6.23. The van der Waals surface area contributed by atoms with Gasteiger partial charge in [0.25, 0.3) is 0 Å². The molecule has 0 unspecified atom stereocenters. The summed E-state index contributed by atoms with van der Waals surface area (Å²) in [4.78, 5) is 11.0. The molecule has 2 aromatic carbocycles. The van der Waals surface area contributed by atoms with Crippen molar-refractivity contribution in [3.63, 3.8) is 0 Å². The standard InChI is InChI=1S/C45H72N2.Pd/c1-7-13-19-21-23-25-31-45(47-43-36-40(28-17-11-5)33-41(37-43)29-18-12-6)44(30-24-22-20-14-8-2)46-42-34-38(26-15-9-3)32-39(35-42)27-16-10-4;/h24,30,32-37H,7-23,25-29,31H2,1-6H3;/b30-24+,46-44?,47-45?;. The zero-order valence-corrected chi connectivity index (χ0v) is 33.6. The van der Waals surface area contributed by atoms with Crippen LogP contribution in [0, 0.1) is 0 Å². The Bertz CT molecular complexity index is 1140. The molecule has 0 N–H and O–H groups in total. The number of aryl methyl sites for hydroxylation is 4. The fraction of sp³-hybridized carbons (Fsp3) is 0.644. The van der Waals surface area contributed by atoms with E-state index in [0.29, 0.717) is 0 Å². The third kappa shape index (κ3) is 19.4. The number of benzene rings is 2. The molecule has 0 saturated heterocycles. The smallest absolute Gasteiger partial charge is 0.0848 e. The van der Waals surface area contributed by atoms with E-state index in [1.165, 1.54) is 131 Å². The number of aliphatic imine (C=N–C) groups is 2. The van der Waals surface area contributed by atoms with E-state index in [1.54, 1.807) is 0 Å². The molecule has 0 radical (unpaired) electrons. The molecule has 0 aliphatic heterocycles. The van der Waals surface area contributed by atoms with Crippen LogP contribution in [0.3, 0.4) is 0 Å². The maximum Gasteiger partial charge on any atom is 0.0848 e. The molecule has 2 nitrogen and oxygen atoms in total. The third-order valence-electron chi connectivity index (χ3n) is 9.18. The van der Waals surface area contributed by atoms with Crippen molar-refractivity contribution < 1.29 is 20.4 Å². The van der Waals surface area contributed by atoms with Crippen molar-refractivity contribution in [2.45, 2.75) is 189 Å². The van der Waals surface area contributed by atoms with Gasteiger partial charge in [-0.25, -0.2) is 4.99 Å². The number of rotatable bonds is 27. The summed E-state index contributed by atoms with van der Waals surface area (Å²) in [7, 11) is 0. The maximum absolute atomic E-state index is 5.52. The molecule has 48 heavy (non-hydrogen) atoms. The molecule has 0 aliphatic rings. The number of hydrogen-bond donors (Lipinski definition) is 0. The second-order valence-electron chi connectivity index (χ2n) is 13.9. The molecule has 0 spiro atoms. The van der Waals surface area contributed by atoms with Gasteiger partial charge in [-0.15, -0.1) is 0 Å². The molecular weight excluding hydrogens is 675 g/mol. The number of nitrogens with zero attached hydrogens (tertiary/aromatic N) is 2. The van der Waals surface area contributed by atoms with Crippen molar-refractivity contribution in [3.8, 4) is 0 Å². The predicted octanol–water partition coefficient (Wildman–Crippen LogP) is 14.8. The first-order chi connectivity index (χ1) is 23.1. The van der Waals surface area contributed by atoms with E-state index in [4.69, 9.17) is 9.98 Å². The average molecular weight is 748 g/mol. The minimum Gasteiger partial charge on any atom is -0.251 e. The van der Waals surface area contributed by atoms with Gasteiger partial charge in [0.05, 0.1) is 22.8 Å². The molecule has 3 heteroatoms. The predicted molar refractivity (Wildman–Crippen MR) is 213 cm³/mol. The van der Waals surface area contributed by atoms with E-state index < -0.39 is 0 Å². The average Bonchev–Trinajstić information content (AvgIpc) is 3.08. The van der Waals surface area contributed by atoms with Gasteiger partial charge in [-0.2, -0.15) is 0 Å². The third-order valence-corrected chi connectivity index (χ3v) is 9.18. The Labute approximate surface area is 311 Å². The van der Waals surface area contributed by atoms with Crippen LogP contribution in [0.5, 0.6) is 0 Å². The Morgan fingerprint density at radius 1 is 0.458 bits per heavy atom. The zero-order valence-electron chi connectivity index (χ0n) is 32.1. The Morgan fingerprint density at radius 3 is 1.31 bits per heavy atom. The van der Waals surface area contributed by atoms with Gasteiger partial charge in [0.2, 0.25) is 0 Å². The van der Waals surface area contributed by atoms with Gasteiger partial charge in [0.1, 0.15) is 0 Å². The Morgan fingerprint density at radius 2 is 0.854 bits per heavy atom. The number of unbranched alkanes of at least 4 members (excludes halogenated alkanes) is 12. The number of allylic oxidation sites excluding steroid dienone is 2. The molecule has 272 valence electrons. The van der Waals surface area contributed by atoms with Crippen LogP contribution in [0.15, 0.2) is 58.5 Å². The summed E-state index contributed by atoms with van der Waals surface area (Å²) in [5, 5.41) is 0. The molecule has 0 amide bonds. The Balaban J connectivity index is 0.0000115. The molecular formula is C45H72N2Pd. The van der Waals surface area contributed by atoms with Crippen LogP contribution < -0.4 is 0 Å². The van der Waals surface area contributed by atoms with Gasteiger partial charge in [0.15, 0.2) is 0 Å². The van der Waals surface area contributed by atoms with Gasteiger partial charge < -0.3 is 0 Å². The van der Waals surface area contributed by atoms with Gasteiger partial charge in [-0.1, -0.05) is 130 Å². The summed E-state index contributed by atoms with van der Waals surface area (Å²) in [5.74, 6) is 0. The first-order valence-corrected chi connectivity index (χ1v) is 20.1. The van der Waals surface area contributed by atoms with Crippen molar-refractivity contribution in [3.05, 3.63) is 70.8 Å². The van der Waals surface area contributed by atoms with E-state index >= 15 is 0 Å². The van der Waals surface area contributed by atoms with Gasteiger partial charge in [-0.05, 0) is 130 Å². The summed E-state index contributed by atoms with van der Waals surface area (Å²) in [6.07, 6.45) is 32.6. The monoisotopic (exact) mass is 746 g/mol. The fourth-order valence-electron chi connectivity index (χ4n) is 6.23. The van der Waals surface area contributed by atoms with Crippen molar-refractivity contribution >= 4 is 22.8 Å². The van der Waals surface area contributed by atoms with Crippen LogP contribution in [-0.2, 0) is 46.1 Å². The molecule has 0 saturated carbocycles. The van der Waals surface area contributed by atoms with Crippen molar-refractivity contribution in [2.24, 2.45) is 9.98 Å². The van der Waals surface area contributed by atoms with Crippen LogP contribution in [-0.4, -0.2) is 11.4 Å². The van der Waals surface area contributed by atoms with E-state index in [9.17, 15) is 0 Å². The summed E-state index contributed by atoms with van der Waals surface area (Å²) < 4.78 is 0. The van der Waals surface area contributed by atoms with E-state index in [-0.39, 0.29) is 20.4 Å². The van der Waals surface area contributed by atoms with E-state index in [1.807, 2.05) is 0 Å². The first-order valence-electron chi connectivity index (χ1n) is 20.1. The normalized spacial score (nSPS) is 12.2. The van der Waals surface area contributed by atoms with E-state index in [2.05, 4.69) is 90.1 Å². The van der Waals surface area contributed by atoms with Gasteiger partial charge >= 0.3 is 0 Å². The van der Waals surface area contributed by atoms with Crippen LogP contribution >= 0.6 is 0 Å². The summed E-state index contributed by atoms with van der Waals surface area (Å²) in [5.41, 5.74) is 10.2. The second kappa shape index (κ2) is 29.0. The Kier molecular flexibility index (Phi) is 26.7. The van der Waals surface area contributed by atoms with Gasteiger partial charge in [0, 0.05) is 20.4 Å². The van der Waals surface area contributed by atoms with Crippen LogP contribution in [0.2, 0.25) is 0 Å².